The van der Waals surface area contributed by atoms with Gasteiger partial charge in [-0.2, -0.15) is 5.10 Å². The summed E-state index contributed by atoms with van der Waals surface area (Å²) in [4.78, 5) is 34.0. The van der Waals surface area contributed by atoms with Crippen LogP contribution in [-0.2, 0) is 0 Å². The van der Waals surface area contributed by atoms with E-state index in [0.29, 0.717) is 67.4 Å². The smallest absolute Gasteiger partial charge is 0.255 e. The number of aromatic amines is 2. The Hall–Kier alpha value is -5.97. The molecular formula is C30H19FN8O2. The fourth-order valence-corrected chi connectivity index (χ4v) is 4.65. The minimum absolute atomic E-state index is 0.186. The molecule has 5 heterocycles. The van der Waals surface area contributed by atoms with Crippen LogP contribution in [0.5, 0.6) is 5.75 Å². The molecule has 11 heteroatoms. The lowest BCUT2D eigenvalue weighted by molar-refractivity contribution is 0.102. The van der Waals surface area contributed by atoms with Crippen LogP contribution >= 0.6 is 0 Å². The first kappa shape index (κ1) is 24.1. The molecule has 0 saturated heterocycles. The Bertz CT molecular complexity index is 2070. The summed E-state index contributed by atoms with van der Waals surface area (Å²) in [6.45, 7) is 0. The van der Waals surface area contributed by atoms with E-state index in [0.717, 1.165) is 6.07 Å². The zero-order valence-electron chi connectivity index (χ0n) is 21.1. The van der Waals surface area contributed by atoms with Crippen molar-refractivity contribution in [2.75, 3.05) is 5.32 Å². The van der Waals surface area contributed by atoms with Gasteiger partial charge in [-0.15, -0.1) is 0 Å². The Morgan fingerprint density at radius 3 is 2.63 bits per heavy atom. The third-order valence-electron chi connectivity index (χ3n) is 6.54. The number of phenolic OH excluding ortho intramolecular Hbond substituents is 1. The molecule has 0 bridgehead atoms. The molecule has 7 aromatic rings. The van der Waals surface area contributed by atoms with Gasteiger partial charge in [0.1, 0.15) is 22.6 Å². The van der Waals surface area contributed by atoms with Crippen LogP contribution in [0.3, 0.4) is 0 Å². The molecule has 7 rings (SSSR count). The lowest BCUT2D eigenvalue weighted by Gasteiger charge is -2.07. The second kappa shape index (κ2) is 9.65. The molecule has 10 nitrogen and oxygen atoms in total. The molecule has 0 atom stereocenters. The van der Waals surface area contributed by atoms with Crippen molar-refractivity contribution < 1.29 is 14.3 Å². The van der Waals surface area contributed by atoms with E-state index < -0.39 is 5.82 Å². The monoisotopic (exact) mass is 542 g/mol. The number of aromatic nitrogens is 7. The molecule has 0 unspecified atom stereocenters. The first-order chi connectivity index (χ1) is 20.0. The Balaban J connectivity index is 1.25. The van der Waals surface area contributed by atoms with Crippen molar-refractivity contribution in [2.45, 2.75) is 0 Å². The molecule has 198 valence electrons. The maximum Gasteiger partial charge on any atom is 0.255 e. The molecule has 0 aliphatic rings. The Labute approximate surface area is 231 Å². The summed E-state index contributed by atoms with van der Waals surface area (Å²) in [5.74, 6) is -0.572. The van der Waals surface area contributed by atoms with E-state index in [4.69, 9.17) is 9.97 Å². The number of aromatic hydroxyl groups is 1. The third-order valence-corrected chi connectivity index (χ3v) is 6.54. The number of hydrogen-bond acceptors (Lipinski definition) is 7. The molecule has 41 heavy (non-hydrogen) atoms. The zero-order chi connectivity index (χ0) is 27.9. The number of carbonyl (C=O) groups is 1. The first-order valence-corrected chi connectivity index (χ1v) is 12.5. The average molecular weight is 543 g/mol. The normalized spacial score (nSPS) is 11.2. The van der Waals surface area contributed by atoms with Gasteiger partial charge in [0.05, 0.1) is 23.1 Å². The number of hydrogen-bond donors (Lipinski definition) is 4. The number of amides is 1. The number of imidazole rings is 1. The number of phenols is 1. The van der Waals surface area contributed by atoms with Gasteiger partial charge in [0, 0.05) is 35.2 Å². The van der Waals surface area contributed by atoms with E-state index >= 15 is 0 Å². The summed E-state index contributed by atoms with van der Waals surface area (Å²) in [5, 5.41) is 20.2. The van der Waals surface area contributed by atoms with Crippen molar-refractivity contribution in [3.8, 4) is 39.7 Å². The minimum atomic E-state index is -0.561. The van der Waals surface area contributed by atoms with Gasteiger partial charge in [-0.1, -0.05) is 18.2 Å². The van der Waals surface area contributed by atoms with E-state index in [2.05, 4.69) is 30.5 Å². The number of nitrogens with one attached hydrogen (secondary N) is 3. The second-order valence-electron chi connectivity index (χ2n) is 9.29. The number of anilines is 1. The third kappa shape index (κ3) is 4.51. The molecule has 1 amide bonds. The molecule has 0 aliphatic carbocycles. The molecule has 0 radical (unpaired) electrons. The highest BCUT2D eigenvalue weighted by molar-refractivity contribution is 6.04. The topological polar surface area (TPSA) is 145 Å². The SMILES string of the molecule is O=C(Nc1cncc(-c2ccc3[nH]nc(-c4nc5c(-c6cc(O)cc(F)c6)ccnc5[nH]4)c3n2)c1)c1ccccc1. The number of rotatable bonds is 5. The van der Waals surface area contributed by atoms with Gasteiger partial charge in [-0.25, -0.2) is 19.3 Å². The molecule has 5 aromatic heterocycles. The van der Waals surface area contributed by atoms with Crippen molar-refractivity contribution in [1.82, 2.24) is 35.1 Å². The van der Waals surface area contributed by atoms with Crippen molar-refractivity contribution in [3.05, 3.63) is 103 Å². The van der Waals surface area contributed by atoms with Crippen LogP contribution in [0.15, 0.2) is 91.4 Å². The molecule has 0 aliphatic heterocycles. The first-order valence-electron chi connectivity index (χ1n) is 12.5. The van der Waals surface area contributed by atoms with Crippen molar-refractivity contribution in [2.24, 2.45) is 0 Å². The van der Waals surface area contributed by atoms with Gasteiger partial charge < -0.3 is 15.4 Å². The number of benzene rings is 2. The highest BCUT2D eigenvalue weighted by Gasteiger charge is 2.18. The van der Waals surface area contributed by atoms with Crippen molar-refractivity contribution >= 4 is 33.8 Å². The average Bonchev–Trinajstić information content (AvgIpc) is 3.61. The Kier molecular flexibility index (Phi) is 5.67. The Morgan fingerprint density at radius 1 is 0.902 bits per heavy atom. The fraction of sp³-hybridized carbons (Fsp3) is 0. The fourth-order valence-electron chi connectivity index (χ4n) is 4.65. The number of carbonyl (C=O) groups excluding carboxylic acids is 1. The highest BCUT2D eigenvalue weighted by atomic mass is 19.1. The largest absolute Gasteiger partial charge is 0.508 e. The van der Waals surface area contributed by atoms with Gasteiger partial charge in [-0.3, -0.25) is 14.9 Å². The van der Waals surface area contributed by atoms with Gasteiger partial charge in [0.15, 0.2) is 17.2 Å². The lowest BCUT2D eigenvalue weighted by atomic mass is 10.1. The number of H-pyrrole nitrogens is 2. The van der Waals surface area contributed by atoms with Crippen LogP contribution in [0.1, 0.15) is 10.4 Å². The summed E-state index contributed by atoms with van der Waals surface area (Å²) in [7, 11) is 0. The Morgan fingerprint density at radius 2 is 1.78 bits per heavy atom. The quantitative estimate of drug-likeness (QED) is 0.218. The maximum absolute atomic E-state index is 14.0. The standard InChI is InChI=1S/C30H19FN8O2/c31-19-10-17(12-21(40)13-19)22-8-9-33-28-25(22)36-29(37-28)27-26-24(38-39-27)7-6-23(35-26)18-11-20(15-32-14-18)34-30(41)16-4-2-1-3-5-16/h1-15,40H,(H,34,41)(H,38,39)(H,33,36,37). The van der Waals surface area contributed by atoms with E-state index in [1.807, 2.05) is 18.2 Å². The lowest BCUT2D eigenvalue weighted by Crippen LogP contribution is -2.11. The van der Waals surface area contributed by atoms with Gasteiger partial charge >= 0.3 is 0 Å². The van der Waals surface area contributed by atoms with Crippen molar-refractivity contribution in [3.63, 3.8) is 0 Å². The summed E-state index contributed by atoms with van der Waals surface area (Å²) >= 11 is 0. The number of fused-ring (bicyclic) bond motifs is 2. The van der Waals surface area contributed by atoms with Crippen molar-refractivity contribution in [1.29, 1.82) is 0 Å². The zero-order valence-corrected chi connectivity index (χ0v) is 21.1. The minimum Gasteiger partial charge on any atom is -0.508 e. The highest BCUT2D eigenvalue weighted by Crippen LogP contribution is 2.32. The van der Waals surface area contributed by atoms with Gasteiger partial charge in [0.2, 0.25) is 0 Å². The van der Waals surface area contributed by atoms with Crippen LogP contribution in [0.25, 0.3) is 56.1 Å². The van der Waals surface area contributed by atoms with Gasteiger partial charge in [0.25, 0.3) is 5.91 Å². The number of nitrogens with zero attached hydrogens (tertiary/aromatic N) is 5. The van der Waals surface area contributed by atoms with E-state index in [-0.39, 0.29) is 11.7 Å². The summed E-state index contributed by atoms with van der Waals surface area (Å²) < 4.78 is 14.0. The maximum atomic E-state index is 14.0. The van der Waals surface area contributed by atoms with Crippen LogP contribution in [0, 0.1) is 5.82 Å². The number of halogens is 1. The molecule has 4 N–H and O–H groups in total. The molecule has 0 spiro atoms. The molecular weight excluding hydrogens is 523 g/mol. The molecule has 2 aromatic carbocycles. The molecule has 0 fully saturated rings. The summed E-state index contributed by atoms with van der Waals surface area (Å²) in [5.41, 5.74) is 6.13. The molecule has 0 saturated carbocycles. The van der Waals surface area contributed by atoms with Crippen LogP contribution < -0.4 is 5.32 Å². The van der Waals surface area contributed by atoms with Crippen LogP contribution in [-0.4, -0.2) is 46.1 Å². The van der Waals surface area contributed by atoms with E-state index in [9.17, 15) is 14.3 Å². The van der Waals surface area contributed by atoms with Crippen LogP contribution in [0.2, 0.25) is 0 Å². The predicted octanol–water partition coefficient (Wildman–Crippen LogP) is 5.72. The van der Waals surface area contributed by atoms with Crippen LogP contribution in [0.4, 0.5) is 10.1 Å². The number of pyridine rings is 3. The van der Waals surface area contributed by atoms with E-state index in [1.165, 1.54) is 12.1 Å². The summed E-state index contributed by atoms with van der Waals surface area (Å²) in [6.07, 6.45) is 4.82. The van der Waals surface area contributed by atoms with Gasteiger partial charge in [-0.05, 0) is 54.1 Å². The summed E-state index contributed by atoms with van der Waals surface area (Å²) in [6, 6.07) is 19.9. The second-order valence-corrected chi connectivity index (χ2v) is 9.29. The van der Waals surface area contributed by atoms with E-state index in [1.54, 1.807) is 55.0 Å². The predicted molar refractivity (Wildman–Crippen MR) is 151 cm³/mol.